The van der Waals surface area contributed by atoms with Crippen LogP contribution in [0.15, 0.2) is 36.4 Å². The van der Waals surface area contributed by atoms with Crippen molar-refractivity contribution in [2.75, 3.05) is 50.1 Å². The molecule has 1 saturated heterocycles. The lowest BCUT2D eigenvalue weighted by Gasteiger charge is -2.36. The molecule has 0 radical (unpaired) electrons. The minimum atomic E-state index is 0.102. The molecule has 1 aliphatic rings. The number of benzene rings is 2. The second kappa shape index (κ2) is 8.33. The van der Waals surface area contributed by atoms with Gasteiger partial charge in [0.2, 0.25) is 0 Å². The average Bonchev–Trinajstić information content (AvgIpc) is 2.68. The summed E-state index contributed by atoms with van der Waals surface area (Å²) < 4.78 is 5.41. The van der Waals surface area contributed by atoms with Crippen LogP contribution < -0.4 is 15.0 Å². The number of nitrogens with zero attached hydrogens (tertiary/aromatic N) is 2. The molecular formula is C22H29N3O2. The van der Waals surface area contributed by atoms with E-state index in [4.69, 9.17) is 4.74 Å². The van der Waals surface area contributed by atoms with E-state index in [1.807, 2.05) is 30.9 Å². The molecule has 0 unspecified atom stereocenters. The largest absolute Gasteiger partial charge is 0.496 e. The van der Waals surface area contributed by atoms with Gasteiger partial charge < -0.3 is 19.9 Å². The van der Waals surface area contributed by atoms with Gasteiger partial charge in [-0.05, 0) is 62.2 Å². The second-order valence-electron chi connectivity index (χ2n) is 7.00. The highest BCUT2D eigenvalue weighted by atomic mass is 16.5. The van der Waals surface area contributed by atoms with E-state index < -0.39 is 0 Å². The summed E-state index contributed by atoms with van der Waals surface area (Å²) in [5.41, 5.74) is 5.09. The highest BCUT2D eigenvalue weighted by molar-refractivity contribution is 5.95. The molecule has 1 heterocycles. The van der Waals surface area contributed by atoms with Crippen LogP contribution in [0.25, 0.3) is 0 Å². The van der Waals surface area contributed by atoms with Crippen LogP contribution >= 0.6 is 0 Å². The van der Waals surface area contributed by atoms with E-state index in [2.05, 4.69) is 41.4 Å². The molecule has 0 atom stereocenters. The summed E-state index contributed by atoms with van der Waals surface area (Å²) in [4.78, 5) is 17.2. The molecule has 1 amide bonds. The summed E-state index contributed by atoms with van der Waals surface area (Å²) in [5.74, 6) is 0.960. The molecule has 0 saturated carbocycles. The smallest absolute Gasteiger partial charge is 0.253 e. The van der Waals surface area contributed by atoms with Crippen molar-refractivity contribution in [1.29, 1.82) is 0 Å². The zero-order chi connectivity index (χ0) is 19.4. The van der Waals surface area contributed by atoms with Gasteiger partial charge in [0.25, 0.3) is 5.91 Å². The number of piperazine rings is 1. The van der Waals surface area contributed by atoms with Crippen LogP contribution in [-0.4, -0.2) is 50.6 Å². The van der Waals surface area contributed by atoms with Crippen molar-refractivity contribution in [3.05, 3.63) is 53.1 Å². The van der Waals surface area contributed by atoms with Crippen LogP contribution in [0.2, 0.25) is 0 Å². The van der Waals surface area contributed by atoms with Gasteiger partial charge in [0, 0.05) is 49.7 Å². The number of anilines is 2. The molecular weight excluding hydrogens is 338 g/mol. The lowest BCUT2D eigenvalue weighted by atomic mass is 10.0. The molecule has 0 bridgehead atoms. The Morgan fingerprint density at radius 3 is 2.33 bits per heavy atom. The van der Waals surface area contributed by atoms with Crippen LogP contribution in [0.1, 0.15) is 28.4 Å². The Morgan fingerprint density at radius 2 is 1.74 bits per heavy atom. The number of methoxy groups -OCH3 is 1. The van der Waals surface area contributed by atoms with Gasteiger partial charge >= 0.3 is 0 Å². The lowest BCUT2D eigenvalue weighted by molar-refractivity contribution is 0.0746. The molecule has 1 N–H and O–H groups in total. The van der Waals surface area contributed by atoms with Crippen LogP contribution in [0, 0.1) is 13.8 Å². The predicted molar refractivity (Wildman–Crippen MR) is 111 cm³/mol. The molecule has 144 valence electrons. The molecule has 3 rings (SSSR count). The zero-order valence-electron chi connectivity index (χ0n) is 16.7. The number of aryl methyl sites for hydroxylation is 2. The SMILES string of the molecule is CCNc1cccc(N2CCN(C(=O)c3cc(C)c(OC)c(C)c3)CC2)c1. The predicted octanol–water partition coefficient (Wildman–Crippen LogP) is 3.71. The fraction of sp³-hybridized carbons (Fsp3) is 0.409. The molecule has 1 aliphatic heterocycles. The van der Waals surface area contributed by atoms with E-state index in [9.17, 15) is 4.79 Å². The van der Waals surface area contributed by atoms with E-state index in [1.54, 1.807) is 7.11 Å². The standard InChI is InChI=1S/C22H29N3O2/c1-5-23-19-7-6-8-20(15-19)24-9-11-25(12-10-24)22(26)18-13-16(2)21(27-4)17(3)14-18/h6-8,13-15,23H,5,9-12H2,1-4H3. The Bertz CT molecular complexity index is 788. The van der Waals surface area contributed by atoms with Gasteiger partial charge in [0.1, 0.15) is 5.75 Å². The summed E-state index contributed by atoms with van der Waals surface area (Å²) in [6, 6.07) is 12.3. The Balaban J connectivity index is 1.67. The number of carbonyl (C=O) groups is 1. The Kier molecular flexibility index (Phi) is 5.89. The molecule has 0 aromatic heterocycles. The number of nitrogens with one attached hydrogen (secondary N) is 1. The van der Waals surface area contributed by atoms with Gasteiger partial charge in [-0.2, -0.15) is 0 Å². The fourth-order valence-electron chi connectivity index (χ4n) is 3.76. The van der Waals surface area contributed by atoms with Gasteiger partial charge in [0.05, 0.1) is 7.11 Å². The van der Waals surface area contributed by atoms with E-state index in [1.165, 1.54) is 5.69 Å². The van der Waals surface area contributed by atoms with Crippen LogP contribution in [-0.2, 0) is 0 Å². The minimum absolute atomic E-state index is 0.102. The van der Waals surface area contributed by atoms with Crippen molar-refractivity contribution in [1.82, 2.24) is 4.90 Å². The molecule has 0 spiro atoms. The third-order valence-corrected chi connectivity index (χ3v) is 5.07. The Morgan fingerprint density at radius 1 is 1.07 bits per heavy atom. The Labute approximate surface area is 161 Å². The van der Waals surface area contributed by atoms with Crippen molar-refractivity contribution in [2.45, 2.75) is 20.8 Å². The minimum Gasteiger partial charge on any atom is -0.496 e. The number of ether oxygens (including phenoxy) is 1. The number of rotatable bonds is 5. The summed E-state index contributed by atoms with van der Waals surface area (Å²) >= 11 is 0. The number of carbonyl (C=O) groups excluding carboxylic acids is 1. The molecule has 5 nitrogen and oxygen atoms in total. The first kappa shape index (κ1) is 19.1. The van der Waals surface area contributed by atoms with Crippen molar-refractivity contribution in [3.8, 4) is 5.75 Å². The van der Waals surface area contributed by atoms with Crippen molar-refractivity contribution >= 4 is 17.3 Å². The summed E-state index contributed by atoms with van der Waals surface area (Å²) in [6.07, 6.45) is 0. The lowest BCUT2D eigenvalue weighted by Crippen LogP contribution is -2.48. The second-order valence-corrected chi connectivity index (χ2v) is 7.00. The van der Waals surface area contributed by atoms with E-state index in [0.717, 1.165) is 60.9 Å². The van der Waals surface area contributed by atoms with E-state index in [-0.39, 0.29) is 5.91 Å². The van der Waals surface area contributed by atoms with E-state index in [0.29, 0.717) is 0 Å². The van der Waals surface area contributed by atoms with Crippen molar-refractivity contribution in [2.24, 2.45) is 0 Å². The molecule has 2 aromatic carbocycles. The van der Waals surface area contributed by atoms with Gasteiger partial charge in [-0.15, -0.1) is 0 Å². The van der Waals surface area contributed by atoms with Crippen LogP contribution in [0.3, 0.4) is 0 Å². The maximum atomic E-state index is 12.9. The van der Waals surface area contributed by atoms with Gasteiger partial charge in [-0.1, -0.05) is 6.07 Å². The highest BCUT2D eigenvalue weighted by Crippen LogP contribution is 2.26. The highest BCUT2D eigenvalue weighted by Gasteiger charge is 2.23. The van der Waals surface area contributed by atoms with Gasteiger partial charge in [-0.3, -0.25) is 4.79 Å². The normalized spacial score (nSPS) is 14.2. The third kappa shape index (κ3) is 4.18. The summed E-state index contributed by atoms with van der Waals surface area (Å²) in [6.45, 7) is 10.1. The number of hydrogen-bond acceptors (Lipinski definition) is 4. The first-order valence-electron chi connectivity index (χ1n) is 9.57. The maximum absolute atomic E-state index is 12.9. The fourth-order valence-corrected chi connectivity index (χ4v) is 3.76. The van der Waals surface area contributed by atoms with Crippen LogP contribution in [0.4, 0.5) is 11.4 Å². The summed E-state index contributed by atoms with van der Waals surface area (Å²) in [7, 11) is 1.67. The monoisotopic (exact) mass is 367 g/mol. The molecule has 1 fully saturated rings. The van der Waals surface area contributed by atoms with Crippen molar-refractivity contribution < 1.29 is 9.53 Å². The average molecular weight is 367 g/mol. The van der Waals surface area contributed by atoms with Crippen molar-refractivity contribution in [3.63, 3.8) is 0 Å². The first-order valence-corrected chi connectivity index (χ1v) is 9.57. The topological polar surface area (TPSA) is 44.8 Å². The summed E-state index contributed by atoms with van der Waals surface area (Å²) in [5, 5.41) is 3.35. The van der Waals surface area contributed by atoms with Gasteiger partial charge in [-0.25, -0.2) is 0 Å². The molecule has 2 aromatic rings. The quantitative estimate of drug-likeness (QED) is 0.875. The number of amides is 1. The van der Waals surface area contributed by atoms with Crippen LogP contribution in [0.5, 0.6) is 5.75 Å². The first-order chi connectivity index (χ1) is 13.0. The van der Waals surface area contributed by atoms with Gasteiger partial charge in [0.15, 0.2) is 0 Å². The maximum Gasteiger partial charge on any atom is 0.253 e. The Hall–Kier alpha value is -2.69. The van der Waals surface area contributed by atoms with E-state index >= 15 is 0 Å². The molecule has 27 heavy (non-hydrogen) atoms. The number of hydrogen-bond donors (Lipinski definition) is 1. The molecule has 0 aliphatic carbocycles. The third-order valence-electron chi connectivity index (χ3n) is 5.07. The molecule has 5 heteroatoms. The zero-order valence-corrected chi connectivity index (χ0v) is 16.7.